The SMILES string of the molecule is CC[n+]1ccc(C)c2ccccc21.[IH2+]. The molecule has 0 aliphatic carbocycles. The number of para-hydroxylation sites is 1. The predicted molar refractivity (Wildman–Crippen MR) is 57.3 cm³/mol. The molecule has 74 valence electrons. The van der Waals surface area contributed by atoms with Crippen molar-refractivity contribution in [1.29, 1.82) is 0 Å². The molecule has 2 heteroatoms. The van der Waals surface area contributed by atoms with Gasteiger partial charge in [0.15, 0.2) is 6.20 Å². The van der Waals surface area contributed by atoms with Gasteiger partial charge < -0.3 is 0 Å². The average molecular weight is 301 g/mol. The Morgan fingerprint density at radius 1 is 1.14 bits per heavy atom. The molecule has 0 aliphatic rings. The summed E-state index contributed by atoms with van der Waals surface area (Å²) in [7, 11) is 0. The summed E-state index contributed by atoms with van der Waals surface area (Å²) < 4.78 is 2.27. The number of rotatable bonds is 1. The highest BCUT2D eigenvalue weighted by atomic mass is 127. The first-order chi connectivity index (χ1) is 6.33. The second-order valence-electron chi connectivity index (χ2n) is 3.30. The molecule has 0 fully saturated rings. The smallest absolute Gasteiger partial charge is 0.199 e. The first kappa shape index (κ1) is 11.4. The van der Waals surface area contributed by atoms with Crippen LogP contribution in [0.3, 0.4) is 0 Å². The fourth-order valence-corrected chi connectivity index (χ4v) is 1.71. The van der Waals surface area contributed by atoms with E-state index in [1.54, 1.807) is 0 Å². The first-order valence-corrected chi connectivity index (χ1v) is 4.70. The maximum Gasteiger partial charge on any atom is 0.235 e. The number of pyridine rings is 1. The number of aromatic nitrogens is 1. The molecule has 2 aromatic rings. The van der Waals surface area contributed by atoms with E-state index in [9.17, 15) is 0 Å². The molecule has 0 bridgehead atoms. The average Bonchev–Trinajstić information content (AvgIpc) is 2.19. The van der Waals surface area contributed by atoms with Crippen LogP contribution in [0.15, 0.2) is 36.5 Å². The van der Waals surface area contributed by atoms with E-state index in [0.717, 1.165) is 6.54 Å². The second-order valence-corrected chi connectivity index (χ2v) is 3.30. The van der Waals surface area contributed by atoms with Crippen LogP contribution in [0.1, 0.15) is 12.5 Å². The fourth-order valence-electron chi connectivity index (χ4n) is 1.71. The minimum atomic E-state index is 0. The fraction of sp³-hybridized carbons (Fsp3) is 0.250. The molecule has 0 saturated carbocycles. The lowest BCUT2D eigenvalue weighted by atomic mass is 10.1. The Kier molecular flexibility index (Phi) is 3.86. The molecule has 1 aromatic carbocycles. The summed E-state index contributed by atoms with van der Waals surface area (Å²) in [5.41, 5.74) is 2.67. The van der Waals surface area contributed by atoms with Crippen LogP contribution < -0.4 is 28.5 Å². The maximum atomic E-state index is 2.27. The van der Waals surface area contributed by atoms with E-state index in [-0.39, 0.29) is 24.0 Å². The van der Waals surface area contributed by atoms with Crippen molar-refractivity contribution in [2.45, 2.75) is 20.4 Å². The van der Waals surface area contributed by atoms with Gasteiger partial charge in [-0.3, -0.25) is 0 Å². The number of hydrogen-bond donors (Lipinski definition) is 0. The van der Waals surface area contributed by atoms with Gasteiger partial charge in [0.25, 0.3) is 0 Å². The molecule has 1 heterocycles. The molecular formula is C12H16IN+2. The third-order valence-electron chi connectivity index (χ3n) is 2.48. The van der Waals surface area contributed by atoms with Crippen molar-refractivity contribution in [3.05, 3.63) is 42.1 Å². The Bertz CT molecular complexity index is 437. The van der Waals surface area contributed by atoms with Crippen LogP contribution in [-0.2, 0) is 6.54 Å². The third kappa shape index (κ3) is 1.90. The lowest BCUT2D eigenvalue weighted by Gasteiger charge is -2.00. The number of nitrogens with zero attached hydrogens (tertiary/aromatic N) is 1. The maximum absolute atomic E-state index is 2.27. The Hall–Kier alpha value is -0.640. The summed E-state index contributed by atoms with van der Waals surface area (Å²) in [4.78, 5) is 0. The van der Waals surface area contributed by atoms with Crippen molar-refractivity contribution in [2.75, 3.05) is 0 Å². The van der Waals surface area contributed by atoms with E-state index >= 15 is 0 Å². The lowest BCUT2D eigenvalue weighted by Crippen LogP contribution is -3.00. The van der Waals surface area contributed by atoms with E-state index < -0.39 is 0 Å². The Morgan fingerprint density at radius 2 is 1.86 bits per heavy atom. The zero-order valence-corrected chi connectivity index (χ0v) is 11.1. The summed E-state index contributed by atoms with van der Waals surface area (Å²) in [6.45, 7) is 5.35. The third-order valence-corrected chi connectivity index (χ3v) is 2.48. The standard InChI is InChI=1S/C12H14N.H2I/c1-3-13-9-8-10(2)11-6-4-5-7-12(11)13;/h4-9H,3H2,1-2H3;1H2/q2*+1. The van der Waals surface area contributed by atoms with Crippen molar-refractivity contribution in [3.63, 3.8) is 0 Å². The van der Waals surface area contributed by atoms with Crippen molar-refractivity contribution in [2.24, 2.45) is 0 Å². The largest absolute Gasteiger partial charge is 0.235 e. The Labute approximate surface area is 102 Å². The van der Waals surface area contributed by atoms with Crippen LogP contribution >= 0.6 is 0 Å². The van der Waals surface area contributed by atoms with E-state index in [2.05, 4.69) is 54.9 Å². The molecule has 1 nitrogen and oxygen atoms in total. The van der Waals surface area contributed by atoms with Crippen LogP contribution in [0.25, 0.3) is 10.9 Å². The molecule has 0 atom stereocenters. The van der Waals surface area contributed by atoms with E-state index in [0.29, 0.717) is 0 Å². The van der Waals surface area contributed by atoms with Gasteiger partial charge in [0, 0.05) is 17.5 Å². The van der Waals surface area contributed by atoms with Crippen molar-refractivity contribution < 1.29 is 28.5 Å². The van der Waals surface area contributed by atoms with E-state index in [1.807, 2.05) is 0 Å². The summed E-state index contributed by atoms with van der Waals surface area (Å²) in [5.74, 6) is 0. The quantitative estimate of drug-likeness (QED) is 0.466. The molecular weight excluding hydrogens is 285 g/mol. The van der Waals surface area contributed by atoms with Crippen LogP contribution in [0.2, 0.25) is 0 Å². The zero-order valence-electron chi connectivity index (χ0n) is 8.57. The number of hydrogen-bond acceptors (Lipinski definition) is 0. The van der Waals surface area contributed by atoms with Crippen LogP contribution in [0.5, 0.6) is 0 Å². The zero-order chi connectivity index (χ0) is 9.26. The molecule has 0 spiro atoms. The molecule has 0 unspecified atom stereocenters. The van der Waals surface area contributed by atoms with E-state index in [4.69, 9.17) is 0 Å². The van der Waals surface area contributed by atoms with Gasteiger partial charge in [0.2, 0.25) is 29.5 Å². The van der Waals surface area contributed by atoms with Crippen molar-refractivity contribution >= 4 is 10.9 Å². The molecule has 0 amide bonds. The molecule has 0 saturated heterocycles. The van der Waals surface area contributed by atoms with Crippen molar-refractivity contribution in [1.82, 2.24) is 0 Å². The minimum absolute atomic E-state index is 0. The van der Waals surface area contributed by atoms with Gasteiger partial charge in [-0.2, -0.15) is 4.57 Å². The normalized spacial score (nSPS) is 9.86. The van der Waals surface area contributed by atoms with Gasteiger partial charge in [-0.25, -0.2) is 0 Å². The summed E-state index contributed by atoms with van der Waals surface area (Å²) in [5, 5.41) is 1.35. The summed E-state index contributed by atoms with van der Waals surface area (Å²) in [6, 6.07) is 10.7. The topological polar surface area (TPSA) is 3.88 Å². The van der Waals surface area contributed by atoms with Gasteiger partial charge in [-0.15, -0.1) is 0 Å². The molecule has 2 rings (SSSR count). The van der Waals surface area contributed by atoms with Crippen LogP contribution in [0, 0.1) is 6.92 Å². The number of aryl methyl sites for hydroxylation is 2. The molecule has 0 N–H and O–H groups in total. The summed E-state index contributed by atoms with van der Waals surface area (Å²) in [6.07, 6.45) is 2.15. The Morgan fingerprint density at radius 3 is 2.57 bits per heavy atom. The van der Waals surface area contributed by atoms with Crippen molar-refractivity contribution in [3.8, 4) is 0 Å². The van der Waals surface area contributed by atoms with Crippen LogP contribution in [-0.4, -0.2) is 0 Å². The van der Waals surface area contributed by atoms with Gasteiger partial charge >= 0.3 is 0 Å². The minimum Gasteiger partial charge on any atom is -0.199 e. The summed E-state index contributed by atoms with van der Waals surface area (Å²) >= 11 is 0. The monoisotopic (exact) mass is 301 g/mol. The van der Waals surface area contributed by atoms with Gasteiger partial charge in [-0.1, -0.05) is 12.1 Å². The molecule has 0 radical (unpaired) electrons. The number of halogens is 1. The predicted octanol–water partition coefficient (Wildman–Crippen LogP) is -1.08. The van der Waals surface area contributed by atoms with Gasteiger partial charge in [0.05, 0.1) is 0 Å². The van der Waals surface area contributed by atoms with Gasteiger partial charge in [0.1, 0.15) is 6.54 Å². The highest BCUT2D eigenvalue weighted by Gasteiger charge is 2.06. The molecule has 1 aromatic heterocycles. The Balaban J connectivity index is 0.000000980. The molecule has 14 heavy (non-hydrogen) atoms. The van der Waals surface area contributed by atoms with Crippen LogP contribution in [0.4, 0.5) is 0 Å². The lowest BCUT2D eigenvalue weighted by molar-refractivity contribution is -0.667. The highest BCUT2D eigenvalue weighted by Crippen LogP contribution is 2.13. The first-order valence-electron chi connectivity index (χ1n) is 4.70. The molecule has 0 aliphatic heterocycles. The second kappa shape index (κ2) is 4.73. The van der Waals surface area contributed by atoms with Gasteiger partial charge in [-0.05, 0) is 25.5 Å². The number of fused-ring (bicyclic) bond motifs is 1. The van der Waals surface area contributed by atoms with E-state index in [1.165, 1.54) is 16.5 Å². The number of benzene rings is 1. The highest BCUT2D eigenvalue weighted by molar-refractivity contribution is 5.78.